The molecule has 1 fully saturated rings. The lowest BCUT2D eigenvalue weighted by Gasteiger charge is -2.32. The number of aromatic nitrogens is 2. The minimum Gasteiger partial charge on any atom is -0.398 e. The molecule has 0 saturated carbocycles. The SMILES string of the molecule is CCc1nc(B2OC(C)(C)C(C)(C)O2)cn1C(C)C. The molecule has 0 bridgehead atoms. The normalized spacial score (nSPS) is 21.4. The van der Waals surface area contributed by atoms with Crippen LogP contribution in [0, 0.1) is 0 Å². The lowest BCUT2D eigenvalue weighted by Crippen LogP contribution is -2.41. The Morgan fingerprint density at radius 2 is 1.74 bits per heavy atom. The van der Waals surface area contributed by atoms with E-state index >= 15 is 0 Å². The van der Waals surface area contributed by atoms with Gasteiger partial charge in [-0.3, -0.25) is 0 Å². The van der Waals surface area contributed by atoms with Crippen molar-refractivity contribution >= 4 is 12.7 Å². The molecule has 106 valence electrons. The number of hydrogen-bond donors (Lipinski definition) is 0. The number of nitrogens with zero attached hydrogens (tertiary/aromatic N) is 2. The number of aryl methyl sites for hydroxylation is 1. The quantitative estimate of drug-likeness (QED) is 0.786. The first-order valence-corrected chi connectivity index (χ1v) is 7.11. The molecular weight excluding hydrogens is 239 g/mol. The van der Waals surface area contributed by atoms with E-state index in [4.69, 9.17) is 9.31 Å². The molecule has 0 radical (unpaired) electrons. The van der Waals surface area contributed by atoms with Crippen molar-refractivity contribution in [3.05, 3.63) is 12.0 Å². The second kappa shape index (κ2) is 4.63. The van der Waals surface area contributed by atoms with Crippen LogP contribution in [-0.4, -0.2) is 27.9 Å². The summed E-state index contributed by atoms with van der Waals surface area (Å²) in [6, 6.07) is 0.402. The molecule has 1 aliphatic heterocycles. The van der Waals surface area contributed by atoms with Crippen molar-refractivity contribution in [1.29, 1.82) is 0 Å². The minimum atomic E-state index is -0.365. The van der Waals surface area contributed by atoms with Crippen LogP contribution in [0.4, 0.5) is 0 Å². The van der Waals surface area contributed by atoms with E-state index in [1.807, 2.05) is 0 Å². The third-order valence-electron chi connectivity index (χ3n) is 4.19. The molecule has 0 aliphatic carbocycles. The second-order valence-corrected chi connectivity index (χ2v) is 6.52. The Kier molecular flexibility index (Phi) is 3.56. The summed E-state index contributed by atoms with van der Waals surface area (Å²) in [6.07, 6.45) is 2.98. The molecule has 0 unspecified atom stereocenters. The van der Waals surface area contributed by atoms with Gasteiger partial charge in [0.1, 0.15) is 5.82 Å². The van der Waals surface area contributed by atoms with Gasteiger partial charge in [-0.1, -0.05) is 6.92 Å². The summed E-state index contributed by atoms with van der Waals surface area (Å²) in [5, 5.41) is 0. The lowest BCUT2D eigenvalue weighted by atomic mass is 9.86. The van der Waals surface area contributed by atoms with Gasteiger partial charge in [0.15, 0.2) is 0 Å². The molecule has 1 saturated heterocycles. The van der Waals surface area contributed by atoms with Crippen molar-refractivity contribution in [2.24, 2.45) is 0 Å². The zero-order chi connectivity index (χ0) is 14.4. The van der Waals surface area contributed by atoms with Gasteiger partial charge in [-0.2, -0.15) is 0 Å². The third kappa shape index (κ3) is 2.46. The van der Waals surface area contributed by atoms with Gasteiger partial charge in [-0.05, 0) is 41.5 Å². The van der Waals surface area contributed by atoms with Crippen molar-refractivity contribution in [3.63, 3.8) is 0 Å². The maximum Gasteiger partial charge on any atom is 0.516 e. The van der Waals surface area contributed by atoms with Crippen LogP contribution in [0.3, 0.4) is 0 Å². The molecule has 0 atom stereocenters. The number of imidazole rings is 1. The molecule has 2 rings (SSSR count). The standard InChI is InChI=1S/C14H25BN2O2/c1-8-12-16-11(9-17(12)10(2)3)15-18-13(4,5)14(6,7)19-15/h9-10H,8H2,1-7H3. The molecule has 0 N–H and O–H groups in total. The van der Waals surface area contributed by atoms with Gasteiger partial charge >= 0.3 is 7.12 Å². The first-order valence-electron chi connectivity index (χ1n) is 7.11. The number of hydrogen-bond acceptors (Lipinski definition) is 3. The summed E-state index contributed by atoms with van der Waals surface area (Å²) < 4.78 is 14.3. The van der Waals surface area contributed by atoms with E-state index in [0.717, 1.165) is 17.8 Å². The molecule has 2 heterocycles. The van der Waals surface area contributed by atoms with Gasteiger partial charge in [0.2, 0.25) is 0 Å². The second-order valence-electron chi connectivity index (χ2n) is 6.52. The summed E-state index contributed by atoms with van der Waals surface area (Å²) in [6.45, 7) is 14.7. The van der Waals surface area contributed by atoms with Crippen LogP contribution in [0.2, 0.25) is 0 Å². The fraction of sp³-hybridized carbons (Fsp3) is 0.786. The predicted octanol–water partition coefficient (Wildman–Crippen LogP) is 2.33. The van der Waals surface area contributed by atoms with E-state index in [1.54, 1.807) is 0 Å². The highest BCUT2D eigenvalue weighted by atomic mass is 16.7. The lowest BCUT2D eigenvalue weighted by molar-refractivity contribution is 0.00578. The first-order chi connectivity index (χ1) is 8.68. The Labute approximate surface area is 116 Å². The fourth-order valence-corrected chi connectivity index (χ4v) is 2.24. The highest BCUT2D eigenvalue weighted by Crippen LogP contribution is 2.36. The minimum absolute atomic E-state index is 0.314. The Bertz CT molecular complexity index is 450. The Hall–Kier alpha value is -0.805. The van der Waals surface area contributed by atoms with E-state index < -0.39 is 0 Å². The highest BCUT2D eigenvalue weighted by Gasteiger charge is 2.52. The van der Waals surface area contributed by atoms with Gasteiger partial charge in [-0.15, -0.1) is 0 Å². The molecule has 19 heavy (non-hydrogen) atoms. The third-order valence-corrected chi connectivity index (χ3v) is 4.19. The highest BCUT2D eigenvalue weighted by molar-refractivity contribution is 6.61. The van der Waals surface area contributed by atoms with Crippen LogP contribution in [0.15, 0.2) is 6.20 Å². The van der Waals surface area contributed by atoms with Crippen molar-refractivity contribution in [1.82, 2.24) is 9.55 Å². The number of rotatable bonds is 3. The molecule has 5 heteroatoms. The Balaban J connectivity index is 2.30. The van der Waals surface area contributed by atoms with E-state index in [-0.39, 0.29) is 18.3 Å². The van der Waals surface area contributed by atoms with Gasteiger partial charge in [0, 0.05) is 18.7 Å². The van der Waals surface area contributed by atoms with Crippen LogP contribution in [0.1, 0.15) is 60.3 Å². The van der Waals surface area contributed by atoms with Gasteiger partial charge in [-0.25, -0.2) is 4.98 Å². The van der Waals surface area contributed by atoms with Gasteiger partial charge in [0.05, 0.1) is 16.8 Å². The van der Waals surface area contributed by atoms with Crippen molar-refractivity contribution in [3.8, 4) is 0 Å². The fourth-order valence-electron chi connectivity index (χ4n) is 2.24. The zero-order valence-electron chi connectivity index (χ0n) is 13.2. The predicted molar refractivity (Wildman–Crippen MR) is 77.7 cm³/mol. The van der Waals surface area contributed by atoms with Crippen LogP contribution in [-0.2, 0) is 15.7 Å². The van der Waals surface area contributed by atoms with Crippen molar-refractivity contribution in [2.75, 3.05) is 0 Å². The van der Waals surface area contributed by atoms with Crippen LogP contribution >= 0.6 is 0 Å². The summed E-state index contributed by atoms with van der Waals surface area (Å²) in [5.74, 6) is 1.08. The summed E-state index contributed by atoms with van der Waals surface area (Å²) >= 11 is 0. The maximum absolute atomic E-state index is 6.04. The first kappa shape index (κ1) is 14.6. The Morgan fingerprint density at radius 3 is 2.11 bits per heavy atom. The topological polar surface area (TPSA) is 36.3 Å². The summed E-state index contributed by atoms with van der Waals surface area (Å²) in [5.41, 5.74) is 0.251. The van der Waals surface area contributed by atoms with Crippen LogP contribution in [0.25, 0.3) is 0 Å². The average molecular weight is 264 g/mol. The molecule has 4 nitrogen and oxygen atoms in total. The van der Waals surface area contributed by atoms with Gasteiger partial charge in [0.25, 0.3) is 0 Å². The molecule has 1 aromatic rings. The Morgan fingerprint density at radius 1 is 1.21 bits per heavy atom. The molecule has 1 aliphatic rings. The monoisotopic (exact) mass is 264 g/mol. The van der Waals surface area contributed by atoms with Crippen molar-refractivity contribution < 1.29 is 9.31 Å². The van der Waals surface area contributed by atoms with E-state index in [0.29, 0.717) is 6.04 Å². The molecule has 0 aromatic carbocycles. The van der Waals surface area contributed by atoms with Crippen LogP contribution < -0.4 is 5.59 Å². The van der Waals surface area contributed by atoms with Crippen LogP contribution in [0.5, 0.6) is 0 Å². The molecule has 0 spiro atoms. The van der Waals surface area contributed by atoms with Crippen molar-refractivity contribution in [2.45, 2.75) is 72.1 Å². The summed E-state index contributed by atoms with van der Waals surface area (Å²) in [7, 11) is -0.365. The van der Waals surface area contributed by atoms with E-state index in [9.17, 15) is 0 Å². The zero-order valence-corrected chi connectivity index (χ0v) is 13.2. The van der Waals surface area contributed by atoms with E-state index in [1.165, 1.54) is 0 Å². The van der Waals surface area contributed by atoms with E-state index in [2.05, 4.69) is 64.2 Å². The summed E-state index contributed by atoms with van der Waals surface area (Å²) in [4.78, 5) is 4.68. The maximum atomic E-state index is 6.04. The molecule has 0 amide bonds. The average Bonchev–Trinajstić information content (AvgIpc) is 2.78. The largest absolute Gasteiger partial charge is 0.516 e. The smallest absolute Gasteiger partial charge is 0.398 e. The molecule has 1 aromatic heterocycles. The van der Waals surface area contributed by atoms with Gasteiger partial charge < -0.3 is 13.9 Å². The molecular formula is C14H25BN2O2.